The Morgan fingerprint density at radius 3 is 1.30 bits per heavy atom. The summed E-state index contributed by atoms with van der Waals surface area (Å²) in [6.45, 7) is 3.61. The molecule has 9 heteroatoms. The van der Waals surface area contributed by atoms with Crippen LogP contribution in [0.15, 0.2) is 122 Å². The summed E-state index contributed by atoms with van der Waals surface area (Å²) in [5.41, 5.74) is 0. The molecule has 1 saturated heterocycles. The lowest BCUT2D eigenvalue weighted by atomic mass is 9.99. The van der Waals surface area contributed by atoms with Gasteiger partial charge in [0.15, 0.2) is 6.29 Å². The molecule has 1 heterocycles. The fourth-order valence-corrected chi connectivity index (χ4v) is 8.58. The lowest BCUT2D eigenvalue weighted by molar-refractivity contribution is -0.302. The average molecular weight is 1030 g/mol. The van der Waals surface area contributed by atoms with E-state index in [-0.39, 0.29) is 12.5 Å². The van der Waals surface area contributed by atoms with Crippen molar-refractivity contribution in [2.75, 3.05) is 13.2 Å². The van der Waals surface area contributed by atoms with E-state index in [0.29, 0.717) is 6.42 Å². The van der Waals surface area contributed by atoms with E-state index in [1.54, 1.807) is 6.08 Å². The highest BCUT2D eigenvalue weighted by Crippen LogP contribution is 2.23. The van der Waals surface area contributed by atoms with Gasteiger partial charge in [0.25, 0.3) is 0 Å². The molecule has 1 amide bonds. The molecule has 1 fully saturated rings. The molecule has 6 N–H and O–H groups in total. The van der Waals surface area contributed by atoms with Gasteiger partial charge in [-0.25, -0.2) is 0 Å². The minimum atomic E-state index is -1.58. The van der Waals surface area contributed by atoms with E-state index in [1.807, 2.05) is 6.08 Å². The Bertz CT molecular complexity index is 1570. The Balaban J connectivity index is 2.14. The van der Waals surface area contributed by atoms with E-state index in [0.717, 1.165) is 96.3 Å². The molecule has 1 aliphatic rings. The third-order valence-corrected chi connectivity index (χ3v) is 13.2. The number of carbonyl (C=O) groups is 1. The van der Waals surface area contributed by atoms with Gasteiger partial charge in [-0.2, -0.15) is 0 Å². The van der Waals surface area contributed by atoms with Crippen molar-refractivity contribution in [3.8, 4) is 0 Å². The Morgan fingerprint density at radius 2 is 0.851 bits per heavy atom. The molecule has 0 bridgehead atoms. The summed E-state index contributed by atoms with van der Waals surface area (Å²) in [7, 11) is 0. The standard InChI is InChI=1S/C65H109NO8/c1-3-5-7-9-11-13-15-17-19-20-21-22-23-24-25-26-27-28-29-30-31-32-33-34-35-36-37-38-39-40-41-43-45-47-49-51-53-55-61(69)66-58(57-73-65-64(72)63(71)62(70)60(56-67)74-65)59(68)54-52-50-48-46-44-42-18-16-14-12-10-8-6-4-2/h5,7,11,13-14,16-17,19,21-22,24-25,27-28,30-31,44,46,52,54,58-60,62-65,67-68,70-72H,3-4,6,8-10,12,15,18,20,23,26,29,32-43,45,47-51,53,55-57H2,1-2H3,(H,66,69)/b7-5-,13-11-,16-14+,19-17-,22-21-,25-24-,28-27-,31-30-,46-44+,54-52+. The van der Waals surface area contributed by atoms with Crippen LogP contribution in [0.2, 0.25) is 0 Å². The number of carbonyl (C=O) groups excluding carboxylic acids is 1. The molecular formula is C65H109NO8. The molecule has 7 unspecified atom stereocenters. The first-order valence-corrected chi connectivity index (χ1v) is 29.8. The first-order valence-electron chi connectivity index (χ1n) is 29.8. The molecule has 0 aromatic carbocycles. The summed E-state index contributed by atoms with van der Waals surface area (Å²) in [4.78, 5) is 13.0. The van der Waals surface area contributed by atoms with Crippen molar-refractivity contribution in [1.29, 1.82) is 0 Å². The van der Waals surface area contributed by atoms with Gasteiger partial charge in [-0.3, -0.25) is 4.79 Å². The van der Waals surface area contributed by atoms with Crippen LogP contribution in [0.3, 0.4) is 0 Å². The number of rotatable bonds is 49. The number of aliphatic hydroxyl groups is 5. The monoisotopic (exact) mass is 1030 g/mol. The van der Waals surface area contributed by atoms with Crippen molar-refractivity contribution in [2.45, 2.75) is 269 Å². The number of nitrogens with one attached hydrogen (secondary N) is 1. The van der Waals surface area contributed by atoms with Crippen LogP contribution in [0.4, 0.5) is 0 Å². The zero-order valence-corrected chi connectivity index (χ0v) is 46.8. The second kappa shape index (κ2) is 53.0. The van der Waals surface area contributed by atoms with Crippen LogP contribution in [0.25, 0.3) is 0 Å². The molecule has 0 aromatic rings. The lowest BCUT2D eigenvalue weighted by Crippen LogP contribution is -2.60. The third-order valence-electron chi connectivity index (χ3n) is 13.2. The minimum Gasteiger partial charge on any atom is -0.394 e. The SMILES string of the molecule is CC/C=C\C/C=C\C/C=C\C/C=C\C/C=C\C/C=C\C/C=C\CCCCCCCCCCCCCCCCCC(=O)NC(COC1OC(CO)C(O)C(O)C1O)C(O)/C=C/CC/C=C/CC/C=C/CCCCCC. The molecular weight excluding hydrogens is 923 g/mol. The van der Waals surface area contributed by atoms with Gasteiger partial charge < -0.3 is 40.3 Å². The van der Waals surface area contributed by atoms with E-state index in [1.165, 1.54) is 109 Å². The second-order valence-electron chi connectivity index (χ2n) is 20.0. The molecule has 0 saturated carbocycles. The fourth-order valence-electron chi connectivity index (χ4n) is 8.58. The normalized spacial score (nSPS) is 19.9. The van der Waals surface area contributed by atoms with Gasteiger partial charge in [0.2, 0.25) is 5.91 Å². The summed E-state index contributed by atoms with van der Waals surface area (Å²) >= 11 is 0. The van der Waals surface area contributed by atoms with Crippen LogP contribution in [0.1, 0.15) is 226 Å². The van der Waals surface area contributed by atoms with E-state index in [9.17, 15) is 30.3 Å². The van der Waals surface area contributed by atoms with Crippen LogP contribution >= 0.6 is 0 Å². The van der Waals surface area contributed by atoms with Crippen molar-refractivity contribution in [3.63, 3.8) is 0 Å². The van der Waals surface area contributed by atoms with Gasteiger partial charge in [0, 0.05) is 6.42 Å². The van der Waals surface area contributed by atoms with Gasteiger partial charge in [-0.05, 0) is 103 Å². The number of ether oxygens (including phenoxy) is 2. The van der Waals surface area contributed by atoms with Crippen molar-refractivity contribution in [1.82, 2.24) is 5.32 Å². The van der Waals surface area contributed by atoms with Crippen LogP contribution in [0, 0.1) is 0 Å². The van der Waals surface area contributed by atoms with Gasteiger partial charge in [0.05, 0.1) is 25.4 Å². The predicted octanol–water partition coefficient (Wildman–Crippen LogP) is 15.1. The maximum Gasteiger partial charge on any atom is 0.220 e. The lowest BCUT2D eigenvalue weighted by Gasteiger charge is -2.40. The number of allylic oxidation sites excluding steroid dienone is 19. The highest BCUT2D eigenvalue weighted by Gasteiger charge is 2.44. The number of aliphatic hydroxyl groups excluding tert-OH is 5. The molecule has 74 heavy (non-hydrogen) atoms. The predicted molar refractivity (Wildman–Crippen MR) is 313 cm³/mol. The maximum absolute atomic E-state index is 13.0. The summed E-state index contributed by atoms with van der Waals surface area (Å²) in [5, 5.41) is 54.4. The Labute approximate surface area is 452 Å². The first-order chi connectivity index (χ1) is 36.3. The van der Waals surface area contributed by atoms with Gasteiger partial charge in [-0.1, -0.05) is 238 Å². The van der Waals surface area contributed by atoms with Crippen molar-refractivity contribution < 1.29 is 39.8 Å². The number of hydrogen-bond acceptors (Lipinski definition) is 8. The quantitative estimate of drug-likeness (QED) is 0.0261. The van der Waals surface area contributed by atoms with E-state index in [4.69, 9.17) is 9.47 Å². The fraction of sp³-hybridized carbons (Fsp3) is 0.677. The second-order valence-corrected chi connectivity index (χ2v) is 20.0. The summed E-state index contributed by atoms with van der Waals surface area (Å²) in [6, 6.07) is -0.834. The molecule has 0 aromatic heterocycles. The van der Waals surface area contributed by atoms with Crippen LogP contribution < -0.4 is 5.32 Å². The summed E-state index contributed by atoms with van der Waals surface area (Å²) < 4.78 is 11.2. The van der Waals surface area contributed by atoms with Crippen LogP contribution in [-0.2, 0) is 14.3 Å². The van der Waals surface area contributed by atoms with Crippen LogP contribution in [-0.4, -0.2) is 87.5 Å². The van der Waals surface area contributed by atoms with Crippen molar-refractivity contribution in [3.05, 3.63) is 122 Å². The third kappa shape index (κ3) is 41.8. The van der Waals surface area contributed by atoms with Crippen LogP contribution in [0.5, 0.6) is 0 Å². The number of unbranched alkanes of at least 4 members (excludes halogenated alkanes) is 21. The highest BCUT2D eigenvalue weighted by molar-refractivity contribution is 5.76. The maximum atomic E-state index is 13.0. The van der Waals surface area contributed by atoms with Gasteiger partial charge in [-0.15, -0.1) is 0 Å². The molecule has 0 aliphatic carbocycles. The molecule has 1 rings (SSSR count). The highest BCUT2D eigenvalue weighted by atomic mass is 16.7. The molecule has 1 aliphatic heterocycles. The smallest absolute Gasteiger partial charge is 0.220 e. The van der Waals surface area contributed by atoms with E-state index in [2.05, 4.69) is 129 Å². The van der Waals surface area contributed by atoms with Crippen molar-refractivity contribution in [2.24, 2.45) is 0 Å². The Hall–Kier alpha value is -3.41. The average Bonchev–Trinajstić information content (AvgIpc) is 3.40. The van der Waals surface area contributed by atoms with E-state index < -0.39 is 49.5 Å². The molecule has 9 nitrogen and oxygen atoms in total. The molecule has 0 spiro atoms. The largest absolute Gasteiger partial charge is 0.394 e. The Kier molecular flexibility index (Phi) is 49.1. The Morgan fingerprint density at radius 1 is 0.473 bits per heavy atom. The molecule has 7 atom stereocenters. The number of amides is 1. The molecule has 0 radical (unpaired) electrons. The van der Waals surface area contributed by atoms with Gasteiger partial charge >= 0.3 is 0 Å². The van der Waals surface area contributed by atoms with Crippen molar-refractivity contribution >= 4 is 5.91 Å². The summed E-state index contributed by atoms with van der Waals surface area (Å²) in [6.07, 6.45) is 72.8. The van der Waals surface area contributed by atoms with Gasteiger partial charge in [0.1, 0.15) is 24.4 Å². The zero-order valence-electron chi connectivity index (χ0n) is 46.8. The first kappa shape index (κ1) is 68.6. The minimum absolute atomic E-state index is 0.196. The molecule has 422 valence electrons. The zero-order chi connectivity index (χ0) is 53.6. The summed E-state index contributed by atoms with van der Waals surface area (Å²) in [5.74, 6) is -0.196. The topological polar surface area (TPSA) is 149 Å². The number of hydrogen-bond donors (Lipinski definition) is 6. The van der Waals surface area contributed by atoms with E-state index >= 15 is 0 Å².